The fraction of sp³-hybridized carbons (Fsp3) is 1.00. The highest BCUT2D eigenvalue weighted by Gasteiger charge is 2.52. The Hall–Kier alpha value is -0.240. The first-order valence-corrected chi connectivity index (χ1v) is 18.1. The highest BCUT2D eigenvalue weighted by atomic mass is 16.8. The molecule has 0 aliphatic carbocycles. The molecular weight excluding hydrogens is 528 g/mol. The maximum Gasteiger partial charge on any atom is 0.164 e. The van der Waals surface area contributed by atoms with Crippen molar-refractivity contribution in [1.29, 1.82) is 0 Å². The first-order chi connectivity index (χ1) is 20.3. The Bertz CT molecular complexity index is 638. The van der Waals surface area contributed by atoms with E-state index in [2.05, 4.69) is 13.8 Å². The summed E-state index contributed by atoms with van der Waals surface area (Å²) in [5.74, 6) is -1.30. The van der Waals surface area contributed by atoms with Crippen molar-refractivity contribution in [2.75, 3.05) is 26.4 Å². The van der Waals surface area contributed by atoms with Gasteiger partial charge in [-0.2, -0.15) is 0 Å². The van der Waals surface area contributed by atoms with Crippen LogP contribution in [0.2, 0.25) is 0 Å². The van der Waals surface area contributed by atoms with Crippen LogP contribution in [0.15, 0.2) is 0 Å². The Kier molecular flexibility index (Phi) is 20.1. The normalized spacial score (nSPS) is 24.0. The van der Waals surface area contributed by atoms with Crippen molar-refractivity contribution in [2.24, 2.45) is 0 Å². The minimum atomic E-state index is -0.694. The smallest absolute Gasteiger partial charge is 0.164 e. The molecule has 0 unspecified atom stereocenters. The number of rotatable bonds is 27. The lowest BCUT2D eigenvalue weighted by Crippen LogP contribution is -2.47. The number of hydrogen-bond acceptors (Lipinski definition) is 6. The second-order valence-electron chi connectivity index (χ2n) is 13.8. The predicted molar refractivity (Wildman–Crippen MR) is 173 cm³/mol. The van der Waals surface area contributed by atoms with Crippen LogP contribution in [0.5, 0.6) is 0 Å². The molecule has 0 aromatic carbocycles. The molecule has 0 N–H and O–H groups in total. The van der Waals surface area contributed by atoms with Crippen LogP contribution in [0.1, 0.15) is 170 Å². The molecule has 0 amide bonds. The van der Waals surface area contributed by atoms with Crippen molar-refractivity contribution in [3.05, 3.63) is 0 Å². The third kappa shape index (κ3) is 16.7. The molecule has 4 atom stereocenters. The molecule has 2 heterocycles. The zero-order valence-electron chi connectivity index (χ0n) is 28.7. The van der Waals surface area contributed by atoms with Gasteiger partial charge in [0.15, 0.2) is 11.6 Å². The van der Waals surface area contributed by atoms with E-state index < -0.39 is 11.6 Å². The van der Waals surface area contributed by atoms with E-state index in [0.29, 0.717) is 13.2 Å². The Morgan fingerprint density at radius 1 is 0.571 bits per heavy atom. The van der Waals surface area contributed by atoms with Crippen LogP contribution in [-0.4, -0.2) is 62.4 Å². The summed E-state index contributed by atoms with van der Waals surface area (Å²) in [6.07, 6.45) is 25.5. The molecule has 2 aliphatic heterocycles. The lowest BCUT2D eigenvalue weighted by molar-refractivity contribution is -0.176. The van der Waals surface area contributed by atoms with E-state index >= 15 is 0 Å². The average Bonchev–Trinajstić information content (AvgIpc) is 3.48. The first kappa shape index (κ1) is 37.9. The zero-order chi connectivity index (χ0) is 30.5. The molecule has 0 radical (unpaired) electrons. The Balaban J connectivity index is 1.74. The van der Waals surface area contributed by atoms with E-state index in [0.717, 1.165) is 26.1 Å². The monoisotopic (exact) mass is 599 g/mol. The molecule has 0 bridgehead atoms. The summed E-state index contributed by atoms with van der Waals surface area (Å²) in [5.41, 5.74) is 0. The fourth-order valence-corrected chi connectivity index (χ4v) is 6.22. The van der Waals surface area contributed by atoms with Crippen molar-refractivity contribution in [3.63, 3.8) is 0 Å². The van der Waals surface area contributed by atoms with Gasteiger partial charge in [-0.3, -0.25) is 0 Å². The summed E-state index contributed by atoms with van der Waals surface area (Å²) in [6.45, 7) is 14.9. The van der Waals surface area contributed by atoms with Crippen molar-refractivity contribution < 1.29 is 28.4 Å². The van der Waals surface area contributed by atoms with Crippen LogP contribution in [0.25, 0.3) is 0 Å². The van der Waals surface area contributed by atoms with Gasteiger partial charge >= 0.3 is 0 Å². The molecule has 6 heteroatoms. The molecule has 2 aliphatic rings. The first-order valence-electron chi connectivity index (χ1n) is 18.1. The summed E-state index contributed by atoms with van der Waals surface area (Å²) >= 11 is 0. The second kappa shape index (κ2) is 22.3. The molecule has 0 aromatic heterocycles. The van der Waals surface area contributed by atoms with Gasteiger partial charge in [0.1, 0.15) is 24.4 Å². The van der Waals surface area contributed by atoms with Gasteiger partial charge in [0, 0.05) is 13.2 Å². The number of hydrogen-bond donors (Lipinski definition) is 0. The SMILES string of the molecule is CCCCCCCCCCCCOC[C@@H](OCCCCCCCCCCCC)[C@H]1OC(C)(C)O[C@@H]1[C@H]1COC(C)(C)O1. The van der Waals surface area contributed by atoms with E-state index in [4.69, 9.17) is 28.4 Å². The third-order valence-corrected chi connectivity index (χ3v) is 8.68. The molecule has 2 rings (SSSR count). The third-order valence-electron chi connectivity index (χ3n) is 8.68. The van der Waals surface area contributed by atoms with Crippen molar-refractivity contribution in [1.82, 2.24) is 0 Å². The molecule has 2 fully saturated rings. The van der Waals surface area contributed by atoms with E-state index in [9.17, 15) is 0 Å². The average molecular weight is 599 g/mol. The molecule has 6 nitrogen and oxygen atoms in total. The van der Waals surface area contributed by atoms with Gasteiger partial charge in [0.25, 0.3) is 0 Å². The topological polar surface area (TPSA) is 55.4 Å². The van der Waals surface area contributed by atoms with Gasteiger partial charge in [0.05, 0.1) is 13.2 Å². The summed E-state index contributed by atoms with van der Waals surface area (Å²) in [4.78, 5) is 0. The largest absolute Gasteiger partial charge is 0.379 e. The summed E-state index contributed by atoms with van der Waals surface area (Å²) < 4.78 is 37.6. The van der Waals surface area contributed by atoms with Gasteiger partial charge in [-0.05, 0) is 40.5 Å². The maximum absolute atomic E-state index is 6.51. The van der Waals surface area contributed by atoms with Crippen LogP contribution in [-0.2, 0) is 28.4 Å². The van der Waals surface area contributed by atoms with Gasteiger partial charge in [0.2, 0.25) is 0 Å². The van der Waals surface area contributed by atoms with Crippen LogP contribution in [0.3, 0.4) is 0 Å². The highest BCUT2D eigenvalue weighted by molar-refractivity contribution is 4.94. The molecule has 0 aromatic rings. The van der Waals surface area contributed by atoms with E-state index in [1.165, 1.54) is 116 Å². The van der Waals surface area contributed by atoms with Crippen molar-refractivity contribution in [2.45, 2.75) is 206 Å². The summed E-state index contributed by atoms with van der Waals surface area (Å²) in [7, 11) is 0. The van der Waals surface area contributed by atoms with Crippen molar-refractivity contribution >= 4 is 0 Å². The molecule has 0 saturated carbocycles. The Morgan fingerprint density at radius 2 is 1.05 bits per heavy atom. The number of ether oxygens (including phenoxy) is 6. The van der Waals surface area contributed by atoms with Crippen LogP contribution in [0.4, 0.5) is 0 Å². The molecule has 0 spiro atoms. The van der Waals surface area contributed by atoms with Gasteiger partial charge in [-0.1, -0.05) is 129 Å². The molecular formula is C36H70O6. The van der Waals surface area contributed by atoms with E-state index in [-0.39, 0.29) is 24.4 Å². The van der Waals surface area contributed by atoms with E-state index in [1.54, 1.807) is 0 Å². The summed E-state index contributed by atoms with van der Waals surface area (Å²) in [6, 6.07) is 0. The number of unbranched alkanes of at least 4 members (excludes halogenated alkanes) is 18. The van der Waals surface area contributed by atoms with Crippen LogP contribution in [0, 0.1) is 0 Å². The fourth-order valence-electron chi connectivity index (χ4n) is 6.22. The predicted octanol–water partition coefficient (Wildman–Crippen LogP) is 9.90. The second-order valence-corrected chi connectivity index (χ2v) is 13.8. The Morgan fingerprint density at radius 3 is 1.52 bits per heavy atom. The van der Waals surface area contributed by atoms with Crippen LogP contribution < -0.4 is 0 Å². The lowest BCUT2D eigenvalue weighted by atomic mass is 10.0. The summed E-state index contributed by atoms with van der Waals surface area (Å²) in [5, 5.41) is 0. The quantitative estimate of drug-likeness (QED) is 0.0877. The van der Waals surface area contributed by atoms with Gasteiger partial charge in [-0.15, -0.1) is 0 Å². The highest BCUT2D eigenvalue weighted by Crippen LogP contribution is 2.37. The minimum absolute atomic E-state index is 0.183. The van der Waals surface area contributed by atoms with E-state index in [1.807, 2.05) is 27.7 Å². The lowest BCUT2D eigenvalue weighted by Gasteiger charge is -2.29. The zero-order valence-corrected chi connectivity index (χ0v) is 28.7. The van der Waals surface area contributed by atoms with Gasteiger partial charge in [-0.25, -0.2) is 0 Å². The van der Waals surface area contributed by atoms with Crippen molar-refractivity contribution in [3.8, 4) is 0 Å². The van der Waals surface area contributed by atoms with Gasteiger partial charge < -0.3 is 28.4 Å². The molecule has 2 saturated heterocycles. The minimum Gasteiger partial charge on any atom is -0.379 e. The Labute approximate surface area is 260 Å². The van der Waals surface area contributed by atoms with Crippen LogP contribution >= 0.6 is 0 Å². The molecule has 250 valence electrons. The standard InChI is InChI=1S/C36H70O6/c1-7-9-11-13-15-17-19-21-23-25-27-37-29-31(38-28-26-24-22-20-18-16-14-12-10-8-2)33-34(42-36(5,6)41-33)32-30-39-35(3,4)40-32/h31-34H,7-30H2,1-6H3/t31-,32-,33-,34-/m1/s1. The maximum atomic E-state index is 6.51. The molecule has 42 heavy (non-hydrogen) atoms.